The zero-order valence-electron chi connectivity index (χ0n) is 17.9. The average Bonchev–Trinajstić information content (AvgIpc) is 2.78. The lowest BCUT2D eigenvalue weighted by molar-refractivity contribution is -0.120. The van der Waals surface area contributed by atoms with Crippen LogP contribution in [0.3, 0.4) is 0 Å². The lowest BCUT2D eigenvalue weighted by atomic mass is 10.2. The van der Waals surface area contributed by atoms with Crippen molar-refractivity contribution in [2.24, 2.45) is 0 Å². The van der Waals surface area contributed by atoms with Gasteiger partial charge in [0.25, 0.3) is 5.56 Å². The Morgan fingerprint density at radius 1 is 1.10 bits per heavy atom. The van der Waals surface area contributed by atoms with E-state index in [9.17, 15) is 14.0 Å². The Labute approximate surface area is 186 Å². The van der Waals surface area contributed by atoms with E-state index < -0.39 is 0 Å². The van der Waals surface area contributed by atoms with Gasteiger partial charge in [0.15, 0.2) is 5.16 Å². The molecule has 0 saturated carbocycles. The van der Waals surface area contributed by atoms with E-state index in [1.54, 1.807) is 30.3 Å². The zero-order chi connectivity index (χ0) is 22.2. The van der Waals surface area contributed by atoms with Crippen molar-refractivity contribution in [2.45, 2.75) is 56.4 Å². The van der Waals surface area contributed by atoms with Crippen LogP contribution in [0.15, 0.2) is 58.5 Å². The van der Waals surface area contributed by atoms with Crippen LogP contribution in [0.1, 0.15) is 46.0 Å². The van der Waals surface area contributed by atoms with Crippen LogP contribution < -0.4 is 10.9 Å². The topological polar surface area (TPSA) is 64.0 Å². The van der Waals surface area contributed by atoms with Crippen molar-refractivity contribution < 1.29 is 9.18 Å². The average molecular weight is 442 g/mol. The number of fused-ring (bicyclic) bond motifs is 1. The zero-order valence-corrected chi connectivity index (χ0v) is 18.8. The number of hydrogen-bond donors (Lipinski definition) is 1. The van der Waals surface area contributed by atoms with Crippen molar-refractivity contribution in [2.75, 3.05) is 6.54 Å². The van der Waals surface area contributed by atoms with Gasteiger partial charge in [-0.15, -0.1) is 0 Å². The van der Waals surface area contributed by atoms with E-state index in [2.05, 4.69) is 19.2 Å². The van der Waals surface area contributed by atoms with E-state index in [1.165, 1.54) is 28.5 Å². The summed E-state index contributed by atoms with van der Waals surface area (Å²) in [5.74, 6) is -0.421. The van der Waals surface area contributed by atoms with Crippen molar-refractivity contribution in [3.8, 4) is 5.69 Å². The number of carbonyl (C=O) groups is 1. The van der Waals surface area contributed by atoms with Crippen LogP contribution in [0.2, 0.25) is 0 Å². The molecule has 0 aliphatic rings. The van der Waals surface area contributed by atoms with Crippen LogP contribution in [-0.2, 0) is 4.79 Å². The van der Waals surface area contributed by atoms with Gasteiger partial charge < -0.3 is 5.32 Å². The van der Waals surface area contributed by atoms with E-state index >= 15 is 0 Å². The SMILES string of the molecule is CCCCNC(=O)C(CCCC)Sc1nc2ccccc2c(=O)n1-c1ccc(F)cc1. The molecule has 3 rings (SSSR count). The fourth-order valence-electron chi connectivity index (χ4n) is 3.27. The van der Waals surface area contributed by atoms with Crippen LogP contribution in [0.4, 0.5) is 4.39 Å². The molecule has 1 amide bonds. The number of thioether (sulfide) groups is 1. The number of nitrogens with one attached hydrogen (secondary N) is 1. The summed E-state index contributed by atoms with van der Waals surface area (Å²) in [7, 11) is 0. The number of unbranched alkanes of at least 4 members (excludes halogenated alkanes) is 2. The number of halogens is 1. The first-order valence-corrected chi connectivity index (χ1v) is 11.6. The lowest BCUT2D eigenvalue weighted by Gasteiger charge is -2.19. The number of hydrogen-bond acceptors (Lipinski definition) is 4. The Kier molecular flexibility index (Phi) is 8.23. The predicted octanol–water partition coefficient (Wildman–Crippen LogP) is 5.09. The number of aromatic nitrogens is 2. The Morgan fingerprint density at radius 2 is 1.81 bits per heavy atom. The summed E-state index contributed by atoms with van der Waals surface area (Å²) in [6, 6.07) is 12.9. The predicted molar refractivity (Wildman–Crippen MR) is 124 cm³/mol. The standard InChI is InChI=1S/C24H28FN3O2S/c1-3-5-11-21(22(29)26-16-6-4-2)31-24-27-20-10-8-7-9-19(20)23(30)28(24)18-14-12-17(25)13-15-18/h7-10,12-15,21H,3-6,11,16H2,1-2H3,(H,26,29). The molecule has 1 aromatic heterocycles. The molecule has 0 aliphatic carbocycles. The minimum Gasteiger partial charge on any atom is -0.355 e. The summed E-state index contributed by atoms with van der Waals surface area (Å²) in [4.78, 5) is 30.9. The molecule has 3 aromatic rings. The fraction of sp³-hybridized carbons (Fsp3) is 0.375. The third-order valence-electron chi connectivity index (χ3n) is 5.02. The van der Waals surface area contributed by atoms with E-state index in [0.29, 0.717) is 34.7 Å². The van der Waals surface area contributed by atoms with E-state index in [1.807, 2.05) is 6.07 Å². The molecule has 164 valence electrons. The van der Waals surface area contributed by atoms with Crippen molar-refractivity contribution >= 4 is 28.6 Å². The molecule has 0 aliphatic heterocycles. The number of benzene rings is 2. The molecule has 0 saturated heterocycles. The van der Waals surface area contributed by atoms with Gasteiger partial charge in [-0.1, -0.05) is 57.0 Å². The summed E-state index contributed by atoms with van der Waals surface area (Å²) in [6.07, 6.45) is 4.47. The lowest BCUT2D eigenvalue weighted by Crippen LogP contribution is -2.34. The van der Waals surface area contributed by atoms with Gasteiger partial charge in [0, 0.05) is 6.54 Å². The highest BCUT2D eigenvalue weighted by Crippen LogP contribution is 2.28. The molecule has 1 atom stereocenters. The molecule has 1 unspecified atom stereocenters. The second kappa shape index (κ2) is 11.1. The molecule has 0 bridgehead atoms. The molecule has 0 spiro atoms. The molecular formula is C24H28FN3O2S. The normalized spacial score (nSPS) is 12.1. The van der Waals surface area contributed by atoms with Crippen LogP contribution in [0, 0.1) is 5.82 Å². The van der Waals surface area contributed by atoms with Crippen LogP contribution in [-0.4, -0.2) is 27.3 Å². The van der Waals surface area contributed by atoms with Gasteiger partial charge in [-0.3, -0.25) is 14.2 Å². The molecule has 7 heteroatoms. The van der Waals surface area contributed by atoms with Gasteiger partial charge in [0.1, 0.15) is 5.82 Å². The molecule has 0 radical (unpaired) electrons. The van der Waals surface area contributed by atoms with Crippen LogP contribution in [0.5, 0.6) is 0 Å². The highest BCUT2D eigenvalue weighted by molar-refractivity contribution is 8.00. The summed E-state index contributed by atoms with van der Waals surface area (Å²) < 4.78 is 15.0. The van der Waals surface area contributed by atoms with Gasteiger partial charge in [0.2, 0.25) is 5.91 Å². The van der Waals surface area contributed by atoms with Crippen molar-refractivity contribution in [1.29, 1.82) is 0 Å². The molecule has 5 nitrogen and oxygen atoms in total. The van der Waals surface area contributed by atoms with E-state index in [-0.39, 0.29) is 22.5 Å². The molecule has 0 fully saturated rings. The third kappa shape index (κ3) is 5.73. The third-order valence-corrected chi connectivity index (χ3v) is 6.24. The maximum absolute atomic E-state index is 13.5. The summed E-state index contributed by atoms with van der Waals surface area (Å²) in [5, 5.41) is 3.56. The van der Waals surface area contributed by atoms with Crippen LogP contribution >= 0.6 is 11.8 Å². The Hall–Kier alpha value is -2.67. The Balaban J connectivity index is 2.05. The number of amides is 1. The Morgan fingerprint density at radius 3 is 2.52 bits per heavy atom. The summed E-state index contributed by atoms with van der Waals surface area (Å²) in [6.45, 7) is 4.80. The first-order valence-electron chi connectivity index (χ1n) is 10.8. The maximum atomic E-state index is 13.5. The summed E-state index contributed by atoms with van der Waals surface area (Å²) in [5.41, 5.74) is 0.863. The molecule has 1 N–H and O–H groups in total. The van der Waals surface area contributed by atoms with E-state index in [0.717, 1.165) is 25.7 Å². The minimum atomic E-state index is -0.379. The highest BCUT2D eigenvalue weighted by Gasteiger charge is 2.23. The van der Waals surface area contributed by atoms with Crippen LogP contribution in [0.25, 0.3) is 16.6 Å². The Bertz CT molecular complexity index is 1080. The smallest absolute Gasteiger partial charge is 0.266 e. The number of nitrogens with zero attached hydrogens (tertiary/aromatic N) is 2. The second-order valence-electron chi connectivity index (χ2n) is 7.42. The van der Waals surface area contributed by atoms with Gasteiger partial charge in [0.05, 0.1) is 21.8 Å². The van der Waals surface area contributed by atoms with Crippen molar-refractivity contribution in [3.63, 3.8) is 0 Å². The number of rotatable bonds is 10. The second-order valence-corrected chi connectivity index (χ2v) is 8.59. The molecule has 31 heavy (non-hydrogen) atoms. The number of carbonyl (C=O) groups excluding carboxylic acids is 1. The first-order chi connectivity index (χ1) is 15.0. The summed E-state index contributed by atoms with van der Waals surface area (Å²) >= 11 is 1.30. The van der Waals surface area contributed by atoms with Gasteiger partial charge in [-0.25, -0.2) is 9.37 Å². The van der Waals surface area contributed by atoms with Gasteiger partial charge in [-0.2, -0.15) is 0 Å². The largest absolute Gasteiger partial charge is 0.355 e. The molecule has 1 heterocycles. The maximum Gasteiger partial charge on any atom is 0.266 e. The first kappa shape index (κ1) is 23.0. The quantitative estimate of drug-likeness (QED) is 0.270. The van der Waals surface area contributed by atoms with Crippen molar-refractivity contribution in [3.05, 3.63) is 64.7 Å². The van der Waals surface area contributed by atoms with Gasteiger partial charge >= 0.3 is 0 Å². The molecule has 2 aromatic carbocycles. The van der Waals surface area contributed by atoms with Gasteiger partial charge in [-0.05, 0) is 49.2 Å². The van der Waals surface area contributed by atoms with Crippen molar-refractivity contribution in [1.82, 2.24) is 14.9 Å². The van der Waals surface area contributed by atoms with E-state index in [4.69, 9.17) is 4.98 Å². The minimum absolute atomic E-state index is 0.0417. The number of para-hydroxylation sites is 1. The molecular weight excluding hydrogens is 413 g/mol. The highest BCUT2D eigenvalue weighted by atomic mass is 32.2. The monoisotopic (exact) mass is 441 g/mol. The fourth-order valence-corrected chi connectivity index (χ4v) is 4.45.